The normalized spacial score (nSPS) is 15.0. The number of pyridine rings is 1. The number of halogens is 1. The predicted molar refractivity (Wildman–Crippen MR) is 126 cm³/mol. The van der Waals surface area contributed by atoms with Gasteiger partial charge in [-0.3, -0.25) is 14.6 Å². The van der Waals surface area contributed by atoms with Crippen molar-refractivity contribution in [3.05, 3.63) is 94.2 Å². The van der Waals surface area contributed by atoms with Crippen LogP contribution in [0.2, 0.25) is 0 Å². The van der Waals surface area contributed by atoms with Crippen LogP contribution in [0.1, 0.15) is 34.5 Å². The summed E-state index contributed by atoms with van der Waals surface area (Å²) in [6.07, 6.45) is 2.89. The number of nitrogens with zero attached hydrogens (tertiary/aromatic N) is 1. The zero-order chi connectivity index (χ0) is 22.4. The van der Waals surface area contributed by atoms with Crippen LogP contribution in [0, 0.1) is 0 Å². The monoisotopic (exact) mass is 493 g/mol. The van der Waals surface area contributed by atoms with Crippen molar-refractivity contribution in [2.24, 2.45) is 0 Å². The second-order valence-corrected chi connectivity index (χ2v) is 8.66. The number of benzene rings is 2. The molecule has 1 saturated heterocycles. The zero-order valence-corrected chi connectivity index (χ0v) is 19.1. The first kappa shape index (κ1) is 22.2. The van der Waals surface area contributed by atoms with Gasteiger partial charge in [0.2, 0.25) is 5.91 Å². The van der Waals surface area contributed by atoms with Gasteiger partial charge in [-0.15, -0.1) is 0 Å². The number of nitrogens with one attached hydrogen (secondary N) is 2. The fourth-order valence-electron chi connectivity index (χ4n) is 3.90. The molecule has 0 spiro atoms. The number of ether oxygens (including phenoxy) is 1. The summed E-state index contributed by atoms with van der Waals surface area (Å²) in [5, 5.41) is 5.90. The first-order chi connectivity index (χ1) is 15.6. The van der Waals surface area contributed by atoms with Gasteiger partial charge in [-0.05, 0) is 60.9 Å². The molecule has 4 rings (SSSR count). The Hall–Kier alpha value is -3.03. The van der Waals surface area contributed by atoms with Crippen LogP contribution in [-0.4, -0.2) is 30.0 Å². The highest BCUT2D eigenvalue weighted by Crippen LogP contribution is 2.36. The fourth-order valence-corrected chi connectivity index (χ4v) is 4.16. The number of aromatic nitrogens is 1. The summed E-state index contributed by atoms with van der Waals surface area (Å²) < 4.78 is 6.50. The maximum Gasteiger partial charge on any atom is 0.251 e. The molecule has 3 aromatic rings. The van der Waals surface area contributed by atoms with Crippen molar-refractivity contribution in [1.82, 2.24) is 10.3 Å². The largest absolute Gasteiger partial charge is 0.381 e. The number of amides is 2. The molecular weight excluding hydrogens is 470 g/mol. The lowest BCUT2D eigenvalue weighted by molar-refractivity contribution is -0.125. The Bertz CT molecular complexity index is 1080. The van der Waals surface area contributed by atoms with Gasteiger partial charge in [-0.2, -0.15) is 0 Å². The summed E-state index contributed by atoms with van der Waals surface area (Å²) in [5.74, 6) is -0.311. The number of carbonyl (C=O) groups is 2. The van der Waals surface area contributed by atoms with Crippen molar-refractivity contribution in [3.8, 4) is 0 Å². The van der Waals surface area contributed by atoms with Gasteiger partial charge in [0, 0.05) is 35.1 Å². The lowest BCUT2D eigenvalue weighted by Crippen LogP contribution is -2.44. The second kappa shape index (κ2) is 10.1. The van der Waals surface area contributed by atoms with Crippen LogP contribution in [0.15, 0.2) is 77.4 Å². The van der Waals surface area contributed by atoms with Gasteiger partial charge < -0.3 is 15.4 Å². The highest BCUT2D eigenvalue weighted by Gasteiger charge is 2.41. The number of hydrogen-bond donors (Lipinski definition) is 2. The standard InChI is InChI=1S/C25H24BrN3O3/c26-20-9-7-19(8-10-20)25(11-14-32-15-12-25)24(31)29-21-6-3-4-18(16-21)23(30)28-17-22-5-1-2-13-27-22/h1-10,13,16H,11-12,14-15,17H2,(H,28,30)(H,29,31). The minimum Gasteiger partial charge on any atom is -0.381 e. The Morgan fingerprint density at radius 1 is 1.00 bits per heavy atom. The van der Waals surface area contributed by atoms with E-state index >= 15 is 0 Å². The molecule has 2 amide bonds. The second-order valence-electron chi connectivity index (χ2n) is 7.74. The summed E-state index contributed by atoms with van der Waals surface area (Å²) in [6, 6.07) is 20.4. The molecule has 1 aliphatic heterocycles. The molecule has 2 aromatic carbocycles. The maximum absolute atomic E-state index is 13.5. The number of anilines is 1. The van der Waals surface area contributed by atoms with Crippen LogP contribution >= 0.6 is 15.9 Å². The molecule has 6 nitrogen and oxygen atoms in total. The smallest absolute Gasteiger partial charge is 0.251 e. The third-order valence-electron chi connectivity index (χ3n) is 5.72. The Balaban J connectivity index is 1.49. The molecule has 0 aliphatic carbocycles. The van der Waals surface area contributed by atoms with Gasteiger partial charge in [0.25, 0.3) is 5.91 Å². The molecule has 1 fully saturated rings. The summed E-state index contributed by atoms with van der Waals surface area (Å²) in [7, 11) is 0. The lowest BCUT2D eigenvalue weighted by atomic mass is 9.73. The summed E-state index contributed by atoms with van der Waals surface area (Å²) >= 11 is 3.46. The van der Waals surface area contributed by atoms with Crippen molar-refractivity contribution >= 4 is 33.4 Å². The zero-order valence-electron chi connectivity index (χ0n) is 17.5. The van der Waals surface area contributed by atoms with Gasteiger partial charge in [0.1, 0.15) is 0 Å². The number of hydrogen-bond acceptors (Lipinski definition) is 4. The molecule has 0 bridgehead atoms. The summed E-state index contributed by atoms with van der Waals surface area (Å²) in [5.41, 5.74) is 2.13. The maximum atomic E-state index is 13.5. The molecule has 0 atom stereocenters. The van der Waals surface area contributed by atoms with Crippen molar-refractivity contribution in [1.29, 1.82) is 0 Å². The Kier molecular flexibility index (Phi) is 6.97. The average molecular weight is 494 g/mol. The van der Waals surface area contributed by atoms with E-state index in [9.17, 15) is 9.59 Å². The van der Waals surface area contributed by atoms with Gasteiger partial charge in [0.05, 0.1) is 17.7 Å². The summed E-state index contributed by atoms with van der Waals surface area (Å²) in [6.45, 7) is 1.39. The van der Waals surface area contributed by atoms with Crippen LogP contribution in [0.4, 0.5) is 5.69 Å². The molecule has 1 aromatic heterocycles. The van der Waals surface area contributed by atoms with E-state index in [4.69, 9.17) is 4.74 Å². The molecule has 7 heteroatoms. The topological polar surface area (TPSA) is 80.3 Å². The molecule has 32 heavy (non-hydrogen) atoms. The SMILES string of the molecule is O=C(NCc1ccccn1)c1cccc(NC(=O)C2(c3ccc(Br)cc3)CCOCC2)c1. The van der Waals surface area contributed by atoms with Gasteiger partial charge in [-0.25, -0.2) is 0 Å². The van der Waals surface area contributed by atoms with E-state index in [1.165, 1.54) is 0 Å². The lowest BCUT2D eigenvalue weighted by Gasteiger charge is -2.36. The Morgan fingerprint density at radius 3 is 2.50 bits per heavy atom. The van der Waals surface area contributed by atoms with Gasteiger partial charge >= 0.3 is 0 Å². The van der Waals surface area contributed by atoms with E-state index in [1.54, 1.807) is 30.5 Å². The molecule has 2 N–H and O–H groups in total. The molecule has 2 heterocycles. The van der Waals surface area contributed by atoms with Gasteiger partial charge in [-0.1, -0.05) is 40.2 Å². The quantitative estimate of drug-likeness (QED) is 0.531. The molecular formula is C25H24BrN3O3. The summed E-state index contributed by atoms with van der Waals surface area (Å²) in [4.78, 5) is 30.3. The molecule has 0 saturated carbocycles. The highest BCUT2D eigenvalue weighted by molar-refractivity contribution is 9.10. The van der Waals surface area contributed by atoms with Crippen molar-refractivity contribution < 1.29 is 14.3 Å². The first-order valence-corrected chi connectivity index (χ1v) is 11.3. The minimum absolute atomic E-state index is 0.0887. The minimum atomic E-state index is -0.670. The molecule has 0 unspecified atom stereocenters. The number of rotatable bonds is 6. The van der Waals surface area contributed by atoms with E-state index in [2.05, 4.69) is 31.5 Å². The fraction of sp³-hybridized carbons (Fsp3) is 0.240. The Morgan fingerprint density at radius 2 is 1.78 bits per heavy atom. The third-order valence-corrected chi connectivity index (χ3v) is 6.25. The van der Waals surface area contributed by atoms with Crippen LogP contribution in [-0.2, 0) is 21.5 Å². The van der Waals surface area contributed by atoms with Crippen molar-refractivity contribution in [2.75, 3.05) is 18.5 Å². The predicted octanol–water partition coefficient (Wildman–Crippen LogP) is 4.46. The van der Waals surface area contributed by atoms with Crippen LogP contribution in [0.5, 0.6) is 0 Å². The van der Waals surface area contributed by atoms with E-state index in [0.717, 1.165) is 15.7 Å². The van der Waals surface area contributed by atoms with Crippen LogP contribution in [0.25, 0.3) is 0 Å². The third kappa shape index (κ3) is 5.06. The van der Waals surface area contributed by atoms with E-state index in [0.29, 0.717) is 43.9 Å². The van der Waals surface area contributed by atoms with Crippen molar-refractivity contribution in [3.63, 3.8) is 0 Å². The number of carbonyl (C=O) groups excluding carboxylic acids is 2. The molecule has 0 radical (unpaired) electrons. The molecule has 164 valence electrons. The first-order valence-electron chi connectivity index (χ1n) is 10.5. The van der Waals surface area contributed by atoms with E-state index in [-0.39, 0.29) is 11.8 Å². The van der Waals surface area contributed by atoms with Gasteiger partial charge in [0.15, 0.2) is 0 Å². The highest BCUT2D eigenvalue weighted by atomic mass is 79.9. The molecule has 1 aliphatic rings. The van der Waals surface area contributed by atoms with Crippen LogP contribution in [0.3, 0.4) is 0 Å². The van der Waals surface area contributed by atoms with E-state index in [1.807, 2.05) is 42.5 Å². The Labute approximate surface area is 195 Å². The van der Waals surface area contributed by atoms with Crippen molar-refractivity contribution in [2.45, 2.75) is 24.8 Å². The average Bonchev–Trinajstić information content (AvgIpc) is 2.84. The van der Waals surface area contributed by atoms with E-state index < -0.39 is 5.41 Å². The van der Waals surface area contributed by atoms with Crippen LogP contribution < -0.4 is 10.6 Å².